The van der Waals surface area contributed by atoms with E-state index in [2.05, 4.69) is 21.6 Å². The second kappa shape index (κ2) is 4.67. The third kappa shape index (κ3) is 2.52. The first-order valence-electron chi connectivity index (χ1n) is 5.92. The van der Waals surface area contributed by atoms with Crippen LogP contribution in [0.5, 0.6) is 0 Å². The predicted octanol–water partition coefficient (Wildman–Crippen LogP) is 2.17. The Labute approximate surface area is 101 Å². The van der Waals surface area contributed by atoms with Gasteiger partial charge in [0.15, 0.2) is 0 Å². The molecule has 90 valence electrons. The van der Waals surface area contributed by atoms with E-state index in [0.717, 1.165) is 29.7 Å². The van der Waals surface area contributed by atoms with Crippen molar-refractivity contribution in [3.63, 3.8) is 0 Å². The van der Waals surface area contributed by atoms with Crippen LogP contribution in [0.4, 0.5) is 5.13 Å². The molecule has 0 bridgehead atoms. The maximum atomic E-state index is 5.95. The number of hydrogen-bond acceptors (Lipinski definition) is 5. The zero-order chi connectivity index (χ0) is 11.6. The molecule has 5 heteroatoms. The van der Waals surface area contributed by atoms with E-state index >= 15 is 0 Å². The lowest BCUT2D eigenvalue weighted by atomic mass is 9.76. The number of nitrogens with two attached hydrogens (primary N) is 1. The summed E-state index contributed by atoms with van der Waals surface area (Å²) in [6, 6.07) is 0. The van der Waals surface area contributed by atoms with Crippen molar-refractivity contribution >= 4 is 16.7 Å². The minimum Gasteiger partial charge on any atom is -0.354 e. The molecule has 1 aliphatic rings. The van der Waals surface area contributed by atoms with Gasteiger partial charge < -0.3 is 11.1 Å². The van der Waals surface area contributed by atoms with Crippen LogP contribution in [0.3, 0.4) is 0 Å². The first-order valence-corrected chi connectivity index (χ1v) is 6.69. The highest BCUT2D eigenvalue weighted by Crippen LogP contribution is 2.34. The highest BCUT2D eigenvalue weighted by molar-refractivity contribution is 7.09. The minimum absolute atomic E-state index is 0.0453. The first-order chi connectivity index (χ1) is 7.63. The maximum absolute atomic E-state index is 5.95. The summed E-state index contributed by atoms with van der Waals surface area (Å²) in [6.07, 6.45) is 4.86. The van der Waals surface area contributed by atoms with Gasteiger partial charge in [-0.3, -0.25) is 0 Å². The molecule has 2 atom stereocenters. The van der Waals surface area contributed by atoms with Crippen molar-refractivity contribution in [2.45, 2.75) is 45.1 Å². The molecule has 2 rings (SSSR count). The Hall–Kier alpha value is -0.680. The smallest absolute Gasteiger partial charge is 0.203 e. The first kappa shape index (κ1) is 11.8. The maximum Gasteiger partial charge on any atom is 0.203 e. The predicted molar refractivity (Wildman–Crippen MR) is 67.7 cm³/mol. The van der Waals surface area contributed by atoms with Gasteiger partial charge in [0.2, 0.25) is 5.13 Å². The molecular weight excluding hydrogens is 220 g/mol. The topological polar surface area (TPSA) is 63.8 Å². The van der Waals surface area contributed by atoms with Gasteiger partial charge in [-0.1, -0.05) is 19.8 Å². The summed E-state index contributed by atoms with van der Waals surface area (Å²) in [5, 5.41) is 4.43. The number of anilines is 1. The van der Waals surface area contributed by atoms with E-state index in [4.69, 9.17) is 5.73 Å². The molecule has 0 aliphatic heterocycles. The van der Waals surface area contributed by atoms with Crippen LogP contribution in [0, 0.1) is 12.8 Å². The quantitative estimate of drug-likeness (QED) is 0.850. The van der Waals surface area contributed by atoms with Crippen molar-refractivity contribution in [3.05, 3.63) is 5.82 Å². The van der Waals surface area contributed by atoms with Crippen LogP contribution < -0.4 is 11.1 Å². The fourth-order valence-corrected chi connectivity index (χ4v) is 3.28. The van der Waals surface area contributed by atoms with E-state index in [-0.39, 0.29) is 5.54 Å². The summed E-state index contributed by atoms with van der Waals surface area (Å²) in [5.74, 6) is 1.59. The van der Waals surface area contributed by atoms with Gasteiger partial charge in [-0.05, 0) is 25.7 Å². The number of aryl methyl sites for hydroxylation is 1. The largest absolute Gasteiger partial charge is 0.354 e. The molecule has 1 heterocycles. The lowest BCUT2D eigenvalue weighted by molar-refractivity contribution is 0.264. The second-order valence-corrected chi connectivity index (χ2v) is 5.71. The number of nitrogens with zero attached hydrogens (tertiary/aromatic N) is 2. The van der Waals surface area contributed by atoms with E-state index in [1.807, 2.05) is 6.92 Å². The molecule has 0 aromatic carbocycles. The normalized spacial score (nSPS) is 30.3. The van der Waals surface area contributed by atoms with Gasteiger partial charge in [-0.15, -0.1) is 0 Å². The molecule has 0 saturated heterocycles. The monoisotopic (exact) mass is 240 g/mol. The summed E-state index contributed by atoms with van der Waals surface area (Å²) < 4.78 is 4.19. The number of aromatic nitrogens is 2. The molecule has 1 aliphatic carbocycles. The molecule has 0 amide bonds. The van der Waals surface area contributed by atoms with Crippen molar-refractivity contribution < 1.29 is 0 Å². The highest BCUT2D eigenvalue weighted by Gasteiger charge is 2.34. The average molecular weight is 240 g/mol. The standard InChI is InChI=1S/C11H20N4S/c1-8-4-3-5-11(6-8,7-12)14-10-13-9(2)15-16-10/h8H,3-7,12H2,1-2H3,(H,13,14,15). The SMILES string of the molecule is Cc1nsc(NC2(CN)CCCC(C)C2)n1. The third-order valence-corrected chi connectivity index (χ3v) is 4.10. The van der Waals surface area contributed by atoms with Crippen molar-refractivity contribution in [1.29, 1.82) is 0 Å². The number of rotatable bonds is 3. The van der Waals surface area contributed by atoms with Gasteiger partial charge in [0.25, 0.3) is 0 Å². The van der Waals surface area contributed by atoms with Crippen LogP contribution in [0.2, 0.25) is 0 Å². The van der Waals surface area contributed by atoms with Crippen LogP contribution in [-0.4, -0.2) is 21.4 Å². The summed E-state index contributed by atoms with van der Waals surface area (Å²) >= 11 is 1.43. The summed E-state index contributed by atoms with van der Waals surface area (Å²) in [4.78, 5) is 4.36. The van der Waals surface area contributed by atoms with Gasteiger partial charge in [-0.2, -0.15) is 4.37 Å². The fraction of sp³-hybridized carbons (Fsp3) is 0.818. The van der Waals surface area contributed by atoms with Crippen molar-refractivity contribution in [3.8, 4) is 0 Å². The molecule has 2 unspecified atom stereocenters. The zero-order valence-electron chi connectivity index (χ0n) is 9.99. The van der Waals surface area contributed by atoms with E-state index in [1.54, 1.807) is 0 Å². The molecule has 1 aromatic heterocycles. The molecular formula is C11H20N4S. The molecule has 1 fully saturated rings. The van der Waals surface area contributed by atoms with Crippen LogP contribution in [0.1, 0.15) is 38.4 Å². The molecule has 4 nitrogen and oxygen atoms in total. The summed E-state index contributed by atoms with van der Waals surface area (Å²) in [6.45, 7) is 4.90. The summed E-state index contributed by atoms with van der Waals surface area (Å²) in [5.41, 5.74) is 5.99. The Balaban J connectivity index is 2.09. The van der Waals surface area contributed by atoms with Crippen LogP contribution in [0.25, 0.3) is 0 Å². The average Bonchev–Trinajstić information content (AvgIpc) is 2.64. The number of nitrogens with one attached hydrogen (secondary N) is 1. The van der Waals surface area contributed by atoms with E-state index in [0.29, 0.717) is 6.54 Å². The van der Waals surface area contributed by atoms with Gasteiger partial charge in [-0.25, -0.2) is 4.98 Å². The fourth-order valence-electron chi connectivity index (χ4n) is 2.58. The van der Waals surface area contributed by atoms with Crippen LogP contribution in [-0.2, 0) is 0 Å². The Morgan fingerprint density at radius 3 is 3.00 bits per heavy atom. The van der Waals surface area contributed by atoms with Gasteiger partial charge in [0.05, 0.1) is 5.54 Å². The zero-order valence-corrected chi connectivity index (χ0v) is 10.8. The molecule has 0 radical (unpaired) electrons. The van der Waals surface area contributed by atoms with Crippen LogP contribution >= 0.6 is 11.5 Å². The van der Waals surface area contributed by atoms with Gasteiger partial charge in [0, 0.05) is 18.1 Å². The Bertz CT molecular complexity index is 352. The molecule has 16 heavy (non-hydrogen) atoms. The molecule has 1 aromatic rings. The summed E-state index contributed by atoms with van der Waals surface area (Å²) in [7, 11) is 0. The molecule has 3 N–H and O–H groups in total. The van der Waals surface area contributed by atoms with Gasteiger partial charge in [0.1, 0.15) is 5.82 Å². The highest BCUT2D eigenvalue weighted by atomic mass is 32.1. The third-order valence-electron chi connectivity index (χ3n) is 3.38. The van der Waals surface area contributed by atoms with Gasteiger partial charge >= 0.3 is 0 Å². The van der Waals surface area contributed by atoms with Crippen LogP contribution in [0.15, 0.2) is 0 Å². The van der Waals surface area contributed by atoms with Crippen molar-refractivity contribution in [1.82, 2.24) is 9.36 Å². The Morgan fingerprint density at radius 1 is 1.62 bits per heavy atom. The lowest BCUT2D eigenvalue weighted by Gasteiger charge is -2.39. The molecule has 1 saturated carbocycles. The van der Waals surface area contributed by atoms with Crippen molar-refractivity contribution in [2.75, 3.05) is 11.9 Å². The molecule has 0 spiro atoms. The Kier molecular flexibility index (Phi) is 3.44. The lowest BCUT2D eigenvalue weighted by Crippen LogP contribution is -2.48. The van der Waals surface area contributed by atoms with E-state index in [9.17, 15) is 0 Å². The minimum atomic E-state index is 0.0453. The number of hydrogen-bond donors (Lipinski definition) is 2. The second-order valence-electron chi connectivity index (χ2n) is 4.96. The van der Waals surface area contributed by atoms with E-state index in [1.165, 1.54) is 24.4 Å². The van der Waals surface area contributed by atoms with Crippen molar-refractivity contribution in [2.24, 2.45) is 11.7 Å². The van der Waals surface area contributed by atoms with E-state index < -0.39 is 0 Å². The Morgan fingerprint density at radius 2 is 2.44 bits per heavy atom.